The summed E-state index contributed by atoms with van der Waals surface area (Å²) in [5.74, 6) is 1.43. The third-order valence-electron chi connectivity index (χ3n) is 3.09. The van der Waals surface area contributed by atoms with Gasteiger partial charge in [-0.2, -0.15) is 0 Å². The average molecular weight is 327 g/mol. The number of carbonyl (C=O) groups is 1. The second-order valence-electron chi connectivity index (χ2n) is 4.83. The monoisotopic (exact) mass is 327 g/mol. The van der Waals surface area contributed by atoms with Crippen molar-refractivity contribution in [2.45, 2.75) is 6.92 Å². The van der Waals surface area contributed by atoms with Crippen molar-refractivity contribution in [1.29, 1.82) is 0 Å². The zero-order valence-electron chi connectivity index (χ0n) is 13.7. The van der Waals surface area contributed by atoms with Gasteiger partial charge in [-0.3, -0.25) is 4.79 Å². The van der Waals surface area contributed by atoms with Gasteiger partial charge in [-0.25, -0.2) is 0 Å². The standard InChI is InChI=1S/C19H21NO4/c1-3-12-20-19(21)15-10-11-17(18(13-15)23-14-22-4-2)24-16-8-6-5-7-9-16/h3,5-11,13H,1,4,12,14H2,2H3,(H,20,21). The topological polar surface area (TPSA) is 56.8 Å². The number of para-hydroxylation sites is 1. The first-order chi connectivity index (χ1) is 11.7. The summed E-state index contributed by atoms with van der Waals surface area (Å²) in [6, 6.07) is 14.4. The van der Waals surface area contributed by atoms with Crippen LogP contribution in [0.5, 0.6) is 17.2 Å². The fraction of sp³-hybridized carbons (Fsp3) is 0.211. The molecule has 0 saturated heterocycles. The summed E-state index contributed by atoms with van der Waals surface area (Å²) in [5.41, 5.74) is 0.476. The predicted molar refractivity (Wildman–Crippen MR) is 92.6 cm³/mol. The number of carbonyl (C=O) groups excluding carboxylic acids is 1. The van der Waals surface area contributed by atoms with Gasteiger partial charge >= 0.3 is 0 Å². The Hall–Kier alpha value is -2.79. The van der Waals surface area contributed by atoms with E-state index in [2.05, 4.69) is 11.9 Å². The Morgan fingerprint density at radius 3 is 2.67 bits per heavy atom. The molecule has 1 amide bonds. The second kappa shape index (κ2) is 9.37. The molecule has 2 aromatic rings. The lowest BCUT2D eigenvalue weighted by Crippen LogP contribution is -2.23. The molecule has 0 aliphatic rings. The molecule has 5 heteroatoms. The highest BCUT2D eigenvalue weighted by molar-refractivity contribution is 5.95. The van der Waals surface area contributed by atoms with Crippen LogP contribution in [0, 0.1) is 0 Å². The second-order valence-corrected chi connectivity index (χ2v) is 4.83. The third kappa shape index (κ3) is 5.14. The maximum Gasteiger partial charge on any atom is 0.251 e. The summed E-state index contributed by atoms with van der Waals surface area (Å²) in [4.78, 5) is 12.1. The van der Waals surface area contributed by atoms with E-state index < -0.39 is 0 Å². The Kier molecular flexibility index (Phi) is 6.86. The molecule has 126 valence electrons. The maximum atomic E-state index is 12.1. The summed E-state index contributed by atoms with van der Waals surface area (Å²) in [6.45, 7) is 6.48. The minimum atomic E-state index is -0.206. The molecule has 0 bridgehead atoms. The van der Waals surface area contributed by atoms with Gasteiger partial charge < -0.3 is 19.5 Å². The Morgan fingerprint density at radius 1 is 1.17 bits per heavy atom. The molecule has 0 saturated carbocycles. The summed E-state index contributed by atoms with van der Waals surface area (Å²) in [6.07, 6.45) is 1.62. The molecule has 0 heterocycles. The van der Waals surface area contributed by atoms with Crippen LogP contribution in [0.2, 0.25) is 0 Å². The van der Waals surface area contributed by atoms with Crippen molar-refractivity contribution >= 4 is 5.91 Å². The molecule has 1 N–H and O–H groups in total. The van der Waals surface area contributed by atoms with Gasteiger partial charge in [0, 0.05) is 18.7 Å². The number of benzene rings is 2. The van der Waals surface area contributed by atoms with Crippen LogP contribution in [0.15, 0.2) is 61.2 Å². The van der Waals surface area contributed by atoms with E-state index in [1.54, 1.807) is 24.3 Å². The van der Waals surface area contributed by atoms with Crippen LogP contribution in [-0.2, 0) is 4.74 Å². The van der Waals surface area contributed by atoms with Crippen LogP contribution in [0.4, 0.5) is 0 Å². The third-order valence-corrected chi connectivity index (χ3v) is 3.09. The molecule has 0 radical (unpaired) electrons. The fourth-order valence-electron chi connectivity index (χ4n) is 1.92. The molecule has 0 aromatic heterocycles. The summed E-state index contributed by atoms with van der Waals surface area (Å²) in [7, 11) is 0. The van der Waals surface area contributed by atoms with E-state index in [9.17, 15) is 4.79 Å². The van der Waals surface area contributed by atoms with Crippen LogP contribution < -0.4 is 14.8 Å². The van der Waals surface area contributed by atoms with Crippen LogP contribution >= 0.6 is 0 Å². The Bertz CT molecular complexity index is 670. The molecule has 0 fully saturated rings. The Labute approximate surface area is 141 Å². The molecule has 0 aliphatic heterocycles. The van der Waals surface area contributed by atoms with E-state index in [4.69, 9.17) is 14.2 Å². The van der Waals surface area contributed by atoms with Crippen LogP contribution in [0.25, 0.3) is 0 Å². The average Bonchev–Trinajstić information content (AvgIpc) is 2.62. The lowest BCUT2D eigenvalue weighted by atomic mass is 10.2. The first kappa shape index (κ1) is 17.6. The van der Waals surface area contributed by atoms with Crippen molar-refractivity contribution in [3.05, 3.63) is 66.7 Å². The van der Waals surface area contributed by atoms with Gasteiger partial charge in [-0.1, -0.05) is 24.3 Å². The SMILES string of the molecule is C=CCNC(=O)c1ccc(Oc2ccccc2)c(OCOCC)c1. The molecular formula is C19H21NO4. The first-order valence-corrected chi connectivity index (χ1v) is 7.71. The molecule has 2 aromatic carbocycles. The normalized spacial score (nSPS) is 10.0. The number of amides is 1. The maximum absolute atomic E-state index is 12.1. The van der Waals surface area contributed by atoms with Crippen molar-refractivity contribution in [3.8, 4) is 17.2 Å². The predicted octanol–water partition coefficient (Wildman–Crippen LogP) is 3.77. The van der Waals surface area contributed by atoms with Gasteiger partial charge in [-0.05, 0) is 37.3 Å². The van der Waals surface area contributed by atoms with Gasteiger partial charge in [0.1, 0.15) is 5.75 Å². The van der Waals surface area contributed by atoms with Crippen molar-refractivity contribution in [2.24, 2.45) is 0 Å². The Balaban J connectivity index is 2.21. The molecule has 0 spiro atoms. The number of nitrogens with one attached hydrogen (secondary N) is 1. The zero-order valence-corrected chi connectivity index (χ0v) is 13.7. The van der Waals surface area contributed by atoms with E-state index in [0.717, 1.165) is 0 Å². The lowest BCUT2D eigenvalue weighted by Gasteiger charge is -2.14. The highest BCUT2D eigenvalue weighted by Crippen LogP contribution is 2.32. The van der Waals surface area contributed by atoms with E-state index in [0.29, 0.717) is 36.0 Å². The molecule has 2 rings (SSSR count). The fourth-order valence-corrected chi connectivity index (χ4v) is 1.92. The highest BCUT2D eigenvalue weighted by Gasteiger charge is 2.12. The number of ether oxygens (including phenoxy) is 3. The van der Waals surface area contributed by atoms with Crippen LogP contribution in [0.3, 0.4) is 0 Å². The molecule has 5 nitrogen and oxygen atoms in total. The van der Waals surface area contributed by atoms with Gasteiger partial charge in [0.2, 0.25) is 0 Å². The van der Waals surface area contributed by atoms with Gasteiger partial charge in [0.25, 0.3) is 5.91 Å². The molecule has 0 aliphatic carbocycles. The van der Waals surface area contributed by atoms with Gasteiger partial charge in [-0.15, -0.1) is 6.58 Å². The van der Waals surface area contributed by atoms with E-state index in [1.165, 1.54) is 0 Å². The summed E-state index contributed by atoms with van der Waals surface area (Å²) >= 11 is 0. The molecule has 24 heavy (non-hydrogen) atoms. The zero-order chi connectivity index (χ0) is 17.2. The van der Waals surface area contributed by atoms with Crippen molar-refractivity contribution in [1.82, 2.24) is 5.32 Å². The molecule has 0 unspecified atom stereocenters. The molecule has 0 atom stereocenters. The van der Waals surface area contributed by atoms with Gasteiger partial charge in [0.15, 0.2) is 18.3 Å². The Morgan fingerprint density at radius 2 is 1.96 bits per heavy atom. The van der Waals surface area contributed by atoms with Crippen LogP contribution in [0.1, 0.15) is 17.3 Å². The van der Waals surface area contributed by atoms with Gasteiger partial charge in [0.05, 0.1) is 0 Å². The quantitative estimate of drug-likeness (QED) is 0.433. The van der Waals surface area contributed by atoms with Crippen molar-refractivity contribution < 1.29 is 19.0 Å². The summed E-state index contributed by atoms with van der Waals surface area (Å²) in [5, 5.41) is 2.73. The minimum Gasteiger partial charge on any atom is -0.464 e. The lowest BCUT2D eigenvalue weighted by molar-refractivity contribution is 0.0211. The van der Waals surface area contributed by atoms with Crippen LogP contribution in [-0.4, -0.2) is 25.9 Å². The highest BCUT2D eigenvalue weighted by atomic mass is 16.7. The minimum absolute atomic E-state index is 0.0827. The number of hydrogen-bond donors (Lipinski definition) is 1. The van der Waals surface area contributed by atoms with E-state index in [-0.39, 0.29) is 12.7 Å². The van der Waals surface area contributed by atoms with Crippen molar-refractivity contribution in [3.63, 3.8) is 0 Å². The summed E-state index contributed by atoms with van der Waals surface area (Å²) < 4.78 is 16.6. The smallest absolute Gasteiger partial charge is 0.251 e. The van der Waals surface area contributed by atoms with E-state index in [1.807, 2.05) is 37.3 Å². The van der Waals surface area contributed by atoms with E-state index >= 15 is 0 Å². The molecular weight excluding hydrogens is 306 g/mol. The first-order valence-electron chi connectivity index (χ1n) is 7.71. The van der Waals surface area contributed by atoms with Crippen molar-refractivity contribution in [2.75, 3.05) is 19.9 Å². The number of hydrogen-bond acceptors (Lipinski definition) is 4. The number of rotatable bonds is 9. The largest absolute Gasteiger partial charge is 0.464 e.